The fourth-order valence-corrected chi connectivity index (χ4v) is 6.86. The number of ether oxygens (including phenoxy) is 6. The minimum absolute atomic E-state index is 0.0567. The van der Waals surface area contributed by atoms with Crippen LogP contribution in [0.4, 0.5) is 0 Å². The molecular formula is C42H61IO8Si. The summed E-state index contributed by atoms with van der Waals surface area (Å²) in [6.45, 7) is 15.3. The zero-order valence-electron chi connectivity index (χ0n) is 32.6. The third-order valence-corrected chi connectivity index (χ3v) is 10.1. The number of benzene rings is 1. The maximum absolute atomic E-state index is 13.0. The topological polar surface area (TPSA) is 89.5 Å². The molecule has 10 heteroatoms. The number of allylic oxidation sites excluding steroid dienone is 6. The van der Waals surface area contributed by atoms with E-state index in [4.69, 9.17) is 28.4 Å². The Morgan fingerprint density at radius 1 is 1.04 bits per heavy atom. The Bertz CT molecular complexity index is 1410. The molecular weight excluding hydrogens is 787 g/mol. The van der Waals surface area contributed by atoms with Crippen LogP contribution in [0.3, 0.4) is 0 Å². The largest absolute Gasteiger partial charge is 0.466 e. The fraction of sp³-hybridized carbons (Fsp3) is 0.524. The van der Waals surface area contributed by atoms with E-state index in [1.165, 1.54) is 7.11 Å². The lowest BCUT2D eigenvalue weighted by Crippen LogP contribution is -2.35. The number of carbonyl (C=O) groups excluding carboxylic acids is 2. The molecule has 0 radical (unpaired) electrons. The first kappa shape index (κ1) is 45.5. The van der Waals surface area contributed by atoms with Gasteiger partial charge >= 0.3 is 11.9 Å². The molecule has 52 heavy (non-hydrogen) atoms. The van der Waals surface area contributed by atoms with Gasteiger partial charge in [-0.25, -0.2) is 9.59 Å². The summed E-state index contributed by atoms with van der Waals surface area (Å²) in [6, 6.07) is 10.0. The summed E-state index contributed by atoms with van der Waals surface area (Å²) in [7, 11) is 1.64. The molecule has 0 bridgehead atoms. The molecule has 1 saturated heterocycles. The highest BCUT2D eigenvalue weighted by Gasteiger charge is 2.31. The second kappa shape index (κ2) is 24.7. The molecule has 1 heterocycles. The van der Waals surface area contributed by atoms with Crippen molar-refractivity contribution in [1.29, 1.82) is 0 Å². The number of rotatable bonds is 21. The lowest BCUT2D eigenvalue weighted by atomic mass is 9.94. The van der Waals surface area contributed by atoms with Gasteiger partial charge in [0.25, 0.3) is 0 Å². The molecule has 0 aromatic heterocycles. The minimum Gasteiger partial charge on any atom is -0.466 e. The first-order valence-electron chi connectivity index (χ1n) is 18.2. The highest BCUT2D eigenvalue weighted by molar-refractivity contribution is 14.1. The van der Waals surface area contributed by atoms with Crippen molar-refractivity contribution in [1.82, 2.24) is 0 Å². The maximum atomic E-state index is 13.0. The monoisotopic (exact) mass is 848 g/mol. The molecule has 2 rings (SSSR count). The molecule has 1 aliphatic rings. The Kier molecular flexibility index (Phi) is 21.6. The van der Waals surface area contributed by atoms with Crippen LogP contribution in [0.5, 0.6) is 0 Å². The van der Waals surface area contributed by atoms with E-state index in [-0.39, 0.29) is 36.8 Å². The number of hydrogen-bond donors (Lipinski definition) is 0. The Morgan fingerprint density at radius 2 is 1.77 bits per heavy atom. The molecule has 0 saturated carbocycles. The maximum Gasteiger partial charge on any atom is 0.336 e. The second-order valence-electron chi connectivity index (χ2n) is 14.4. The molecule has 1 aromatic carbocycles. The van der Waals surface area contributed by atoms with Crippen LogP contribution < -0.4 is 0 Å². The smallest absolute Gasteiger partial charge is 0.336 e. The van der Waals surface area contributed by atoms with Crippen molar-refractivity contribution in [2.75, 3.05) is 27.6 Å². The van der Waals surface area contributed by atoms with Gasteiger partial charge in [0, 0.05) is 30.1 Å². The lowest BCUT2D eigenvalue weighted by Gasteiger charge is -2.35. The average Bonchev–Trinajstić information content (AvgIpc) is 3.11. The third kappa shape index (κ3) is 17.5. The summed E-state index contributed by atoms with van der Waals surface area (Å²) in [5, 5.41) is 0. The van der Waals surface area contributed by atoms with Crippen molar-refractivity contribution in [2.24, 2.45) is 11.8 Å². The zero-order valence-corrected chi connectivity index (χ0v) is 35.8. The van der Waals surface area contributed by atoms with Gasteiger partial charge in [0.1, 0.15) is 6.79 Å². The normalized spacial score (nSPS) is 21.1. The van der Waals surface area contributed by atoms with Crippen molar-refractivity contribution in [3.05, 3.63) is 105 Å². The van der Waals surface area contributed by atoms with Crippen LogP contribution in [0.15, 0.2) is 99.4 Å². The van der Waals surface area contributed by atoms with Crippen LogP contribution in [-0.4, -0.2) is 65.9 Å². The van der Waals surface area contributed by atoms with Gasteiger partial charge in [-0.2, -0.15) is 0 Å². The van der Waals surface area contributed by atoms with Crippen LogP contribution in [0.2, 0.25) is 19.6 Å². The van der Waals surface area contributed by atoms with Gasteiger partial charge in [-0.3, -0.25) is 0 Å². The minimum atomic E-state index is -1.26. The summed E-state index contributed by atoms with van der Waals surface area (Å²) in [4.78, 5) is 25.6. The van der Waals surface area contributed by atoms with E-state index in [1.807, 2.05) is 66.5 Å². The molecule has 288 valence electrons. The van der Waals surface area contributed by atoms with Crippen molar-refractivity contribution < 1.29 is 38.0 Å². The van der Waals surface area contributed by atoms with E-state index in [1.54, 1.807) is 14.0 Å². The number of esters is 2. The first-order chi connectivity index (χ1) is 24.8. The summed E-state index contributed by atoms with van der Waals surface area (Å²) in [5.41, 5.74) is 5.51. The fourth-order valence-electron chi connectivity index (χ4n) is 5.53. The van der Waals surface area contributed by atoms with Crippen LogP contribution in [0.1, 0.15) is 71.7 Å². The molecule has 1 aliphatic heterocycles. The Labute approximate surface area is 327 Å². The molecule has 0 unspecified atom stereocenters. The van der Waals surface area contributed by atoms with Crippen molar-refractivity contribution in [3.63, 3.8) is 0 Å². The molecule has 0 N–H and O–H groups in total. The summed E-state index contributed by atoms with van der Waals surface area (Å²) < 4.78 is 36.3. The average molecular weight is 849 g/mol. The highest BCUT2D eigenvalue weighted by atomic mass is 127. The van der Waals surface area contributed by atoms with E-state index < -0.39 is 26.4 Å². The SMILES string of the molecule is COCO[C@@H](/C(=C/CCC[C@@H](C)OC(=O)/C(C)=C/CC[C@@H]1CO[C@@H](c2ccccc2)O[C@H]1/C=C/C(C)=C/C=C/[Si](C)(C)C)C(=O)OC)[C@@H](C)/C=C/I. The summed E-state index contributed by atoms with van der Waals surface area (Å²) in [5.74, 6) is -0.692. The van der Waals surface area contributed by atoms with Crippen LogP contribution in [-0.2, 0) is 38.0 Å². The van der Waals surface area contributed by atoms with Crippen molar-refractivity contribution >= 4 is 42.6 Å². The molecule has 0 spiro atoms. The number of unbranched alkanes of at least 4 members (excludes halogenated alkanes) is 1. The number of hydrogen-bond acceptors (Lipinski definition) is 8. The van der Waals surface area contributed by atoms with Gasteiger partial charge in [-0.1, -0.05) is 133 Å². The van der Waals surface area contributed by atoms with Gasteiger partial charge in [0.05, 0.1) is 45.7 Å². The summed E-state index contributed by atoms with van der Waals surface area (Å²) in [6.07, 6.45) is 16.5. The summed E-state index contributed by atoms with van der Waals surface area (Å²) >= 11 is 2.15. The number of halogens is 1. The molecule has 8 nitrogen and oxygen atoms in total. The number of carbonyl (C=O) groups is 2. The van der Waals surface area contributed by atoms with E-state index in [9.17, 15) is 9.59 Å². The standard InChI is InChI=1S/C42H61IO8Si/c1-31(17-16-28-52(7,8)9)24-25-38-36(29-48-42(51-38)35-20-11-10-12-21-35)22-15-18-33(3)40(44)50-34(4)19-13-14-23-37(41(45)47-6)39(49-30-46-5)32(2)26-27-43/h10-12,16-18,20-21,23-28,32,34,36,38-39,42H,13-15,19,22,29-30H2,1-9H3/b25-24+,27-26+,28-16+,31-17+,33-18+,37-23-/t32-,34+,36+,38-,39+,42+/m0/s1. The Balaban J connectivity index is 1.99. The van der Waals surface area contributed by atoms with Gasteiger partial charge in [-0.05, 0) is 57.0 Å². The zero-order chi connectivity index (χ0) is 38.5. The molecule has 1 aromatic rings. The molecule has 0 aliphatic carbocycles. The van der Waals surface area contributed by atoms with E-state index >= 15 is 0 Å². The van der Waals surface area contributed by atoms with E-state index in [0.717, 1.165) is 24.0 Å². The van der Waals surface area contributed by atoms with E-state index in [2.05, 4.69) is 79.2 Å². The van der Waals surface area contributed by atoms with Crippen LogP contribution in [0, 0.1) is 11.8 Å². The second-order valence-corrected chi connectivity index (χ2v) is 20.1. The van der Waals surface area contributed by atoms with Crippen molar-refractivity contribution in [3.8, 4) is 0 Å². The van der Waals surface area contributed by atoms with Crippen molar-refractivity contribution in [2.45, 2.75) is 104 Å². The predicted molar refractivity (Wildman–Crippen MR) is 220 cm³/mol. The van der Waals surface area contributed by atoms with Gasteiger partial charge in [0.15, 0.2) is 6.29 Å². The molecule has 1 fully saturated rings. The van der Waals surface area contributed by atoms with E-state index in [0.29, 0.717) is 37.0 Å². The quantitative estimate of drug-likeness (QED) is 0.0230. The van der Waals surface area contributed by atoms with Crippen LogP contribution >= 0.6 is 22.6 Å². The lowest BCUT2D eigenvalue weighted by molar-refractivity contribution is -0.229. The van der Waals surface area contributed by atoms with Crippen LogP contribution in [0.25, 0.3) is 0 Å². The highest BCUT2D eigenvalue weighted by Crippen LogP contribution is 2.32. The van der Waals surface area contributed by atoms with Gasteiger partial charge in [0.2, 0.25) is 0 Å². The Hall–Kier alpha value is -2.61. The third-order valence-electron chi connectivity index (χ3n) is 8.53. The molecule has 0 amide bonds. The number of methoxy groups -OCH3 is 2. The Morgan fingerprint density at radius 3 is 2.42 bits per heavy atom. The first-order valence-corrected chi connectivity index (χ1v) is 23.0. The molecule has 6 atom stereocenters. The predicted octanol–water partition coefficient (Wildman–Crippen LogP) is 10.2. The van der Waals surface area contributed by atoms with Gasteiger partial charge in [-0.15, -0.1) is 0 Å². The van der Waals surface area contributed by atoms with Gasteiger partial charge < -0.3 is 28.4 Å².